The van der Waals surface area contributed by atoms with E-state index in [1.54, 1.807) is 65.8 Å². The highest BCUT2D eigenvalue weighted by molar-refractivity contribution is 5.94. The molecule has 0 spiro atoms. The molecular weight excluding hydrogens is 538 g/mol. The highest BCUT2D eigenvalue weighted by Crippen LogP contribution is 2.25. The van der Waals surface area contributed by atoms with E-state index < -0.39 is 59.8 Å². The second-order valence-corrected chi connectivity index (χ2v) is 11.7. The van der Waals surface area contributed by atoms with Gasteiger partial charge in [-0.3, -0.25) is 9.59 Å². The molecule has 3 N–H and O–H groups in total. The summed E-state index contributed by atoms with van der Waals surface area (Å²) in [6, 6.07) is 11.8. The number of carbonyl (C=O) groups is 4. The summed E-state index contributed by atoms with van der Waals surface area (Å²) in [5.41, 5.74) is -0.233. The van der Waals surface area contributed by atoms with Gasteiger partial charge in [-0.2, -0.15) is 0 Å². The van der Waals surface area contributed by atoms with Crippen LogP contribution < -0.4 is 10.6 Å². The van der Waals surface area contributed by atoms with Crippen molar-refractivity contribution in [2.24, 2.45) is 0 Å². The number of terminal acetylenes is 1. The van der Waals surface area contributed by atoms with Crippen LogP contribution in [0.15, 0.2) is 54.6 Å². The number of nitrogens with one attached hydrogen (secondary N) is 2. The van der Waals surface area contributed by atoms with Crippen LogP contribution in [-0.4, -0.2) is 70.8 Å². The van der Waals surface area contributed by atoms with Gasteiger partial charge < -0.3 is 30.1 Å². The maximum absolute atomic E-state index is 14.0. The quantitative estimate of drug-likeness (QED) is 0.291. The van der Waals surface area contributed by atoms with Gasteiger partial charge in [0.2, 0.25) is 11.8 Å². The maximum atomic E-state index is 14.0. The molecule has 3 amide bonds. The maximum Gasteiger partial charge on any atom is 0.408 e. The average molecular weight is 580 g/mol. The number of alkyl carbamates (subject to hydrolysis) is 1. The van der Waals surface area contributed by atoms with Crippen LogP contribution >= 0.6 is 0 Å². The molecule has 2 rings (SSSR count). The number of rotatable bonds is 10. The lowest BCUT2D eigenvalue weighted by Gasteiger charge is -2.33. The Morgan fingerprint density at radius 3 is 2.00 bits per heavy atom. The third-order valence-corrected chi connectivity index (χ3v) is 5.86. The van der Waals surface area contributed by atoms with Gasteiger partial charge in [0.1, 0.15) is 29.3 Å². The van der Waals surface area contributed by atoms with Crippen molar-refractivity contribution in [1.29, 1.82) is 0 Å². The van der Waals surface area contributed by atoms with Crippen molar-refractivity contribution in [2.75, 3.05) is 13.7 Å². The van der Waals surface area contributed by atoms with E-state index in [0.717, 1.165) is 10.5 Å². The first-order valence-corrected chi connectivity index (χ1v) is 13.6. The van der Waals surface area contributed by atoms with Crippen molar-refractivity contribution in [3.8, 4) is 12.3 Å². The number of hydrogen-bond donors (Lipinski definition) is 3. The first-order valence-electron chi connectivity index (χ1n) is 13.6. The lowest BCUT2D eigenvalue weighted by molar-refractivity contribution is -0.159. The number of ether oxygens (including phenoxy) is 2. The van der Waals surface area contributed by atoms with Crippen LogP contribution in [0.1, 0.15) is 64.3 Å². The van der Waals surface area contributed by atoms with Crippen molar-refractivity contribution in [2.45, 2.75) is 77.3 Å². The minimum absolute atomic E-state index is 0.127. The number of hydrogen-bond acceptors (Lipinski definition) is 7. The lowest BCUT2D eigenvalue weighted by atomic mass is 9.97. The van der Waals surface area contributed by atoms with Gasteiger partial charge in [-0.25, -0.2) is 9.59 Å². The van der Waals surface area contributed by atoms with E-state index in [-0.39, 0.29) is 6.42 Å². The standard InChI is InChI=1S/C32H41N3O7/c1-9-22-17-13-14-18-23(22)26(35(8)28(38)25(20-36)34-30(40)42-32(5,6)7)27(37)33-24(29(39)41-31(2,3)4)19-21-15-11-10-12-16-21/h1,10-18,24-26,36H,19-20H2,2-8H3,(H,33,37)(H,34,40). The van der Waals surface area contributed by atoms with Gasteiger partial charge in [0.05, 0.1) is 6.61 Å². The molecule has 0 aliphatic rings. The third kappa shape index (κ3) is 10.2. The van der Waals surface area contributed by atoms with Crippen molar-refractivity contribution in [3.63, 3.8) is 0 Å². The molecule has 0 radical (unpaired) electrons. The Hall–Kier alpha value is -4.36. The molecule has 226 valence electrons. The van der Waals surface area contributed by atoms with Gasteiger partial charge >= 0.3 is 12.1 Å². The Morgan fingerprint density at radius 1 is 0.881 bits per heavy atom. The number of aliphatic hydroxyl groups excluding tert-OH is 1. The predicted octanol–water partition coefficient (Wildman–Crippen LogP) is 3.12. The van der Waals surface area contributed by atoms with Gasteiger partial charge in [0.25, 0.3) is 0 Å². The monoisotopic (exact) mass is 579 g/mol. The molecular formula is C32H41N3O7. The number of benzene rings is 2. The molecule has 0 aliphatic carbocycles. The first-order chi connectivity index (χ1) is 19.6. The van der Waals surface area contributed by atoms with Crippen molar-refractivity contribution in [1.82, 2.24) is 15.5 Å². The van der Waals surface area contributed by atoms with Gasteiger partial charge in [-0.1, -0.05) is 54.5 Å². The Morgan fingerprint density at radius 2 is 1.45 bits per heavy atom. The van der Waals surface area contributed by atoms with E-state index in [4.69, 9.17) is 15.9 Å². The summed E-state index contributed by atoms with van der Waals surface area (Å²) in [4.78, 5) is 54.2. The van der Waals surface area contributed by atoms with Crippen molar-refractivity contribution < 1.29 is 33.8 Å². The molecule has 0 aliphatic heterocycles. The number of amides is 3. The highest BCUT2D eigenvalue weighted by Gasteiger charge is 2.37. The van der Waals surface area contributed by atoms with E-state index in [1.807, 2.05) is 30.3 Å². The summed E-state index contributed by atoms with van der Waals surface area (Å²) in [7, 11) is 1.35. The summed E-state index contributed by atoms with van der Waals surface area (Å²) in [6.07, 6.45) is 4.94. The van der Waals surface area contributed by atoms with Gasteiger partial charge in [0.15, 0.2) is 0 Å². The van der Waals surface area contributed by atoms with E-state index in [9.17, 15) is 24.3 Å². The van der Waals surface area contributed by atoms with Crippen LogP contribution in [0.3, 0.4) is 0 Å². The zero-order valence-electron chi connectivity index (χ0n) is 25.3. The molecule has 0 saturated carbocycles. The van der Waals surface area contributed by atoms with Gasteiger partial charge in [-0.15, -0.1) is 6.42 Å². The molecule has 3 atom stereocenters. The Labute approximate surface area is 247 Å². The minimum atomic E-state index is -1.43. The number of nitrogens with zero attached hydrogens (tertiary/aromatic N) is 1. The third-order valence-electron chi connectivity index (χ3n) is 5.86. The molecule has 10 heteroatoms. The minimum Gasteiger partial charge on any atom is -0.458 e. The summed E-state index contributed by atoms with van der Waals surface area (Å²) >= 11 is 0. The van der Waals surface area contributed by atoms with E-state index in [0.29, 0.717) is 11.1 Å². The summed E-state index contributed by atoms with van der Waals surface area (Å²) in [5.74, 6) is 0.370. The number of likely N-dealkylation sites (N-methyl/N-ethyl adjacent to an activating group) is 1. The fraction of sp³-hybridized carbons (Fsp3) is 0.438. The topological polar surface area (TPSA) is 134 Å². The van der Waals surface area contributed by atoms with Crippen LogP contribution in [0.5, 0.6) is 0 Å². The molecule has 0 bridgehead atoms. The van der Waals surface area contributed by atoms with Crippen LogP contribution in [0.4, 0.5) is 4.79 Å². The smallest absolute Gasteiger partial charge is 0.408 e. The van der Waals surface area contributed by atoms with E-state index in [2.05, 4.69) is 16.6 Å². The number of esters is 1. The number of carbonyl (C=O) groups excluding carboxylic acids is 4. The fourth-order valence-electron chi connectivity index (χ4n) is 4.07. The second kappa shape index (κ2) is 14.5. The Bertz CT molecular complexity index is 1290. The molecule has 2 aromatic rings. The molecule has 3 unspecified atom stereocenters. The summed E-state index contributed by atoms with van der Waals surface area (Å²) < 4.78 is 10.8. The van der Waals surface area contributed by atoms with Gasteiger partial charge in [0, 0.05) is 19.0 Å². The van der Waals surface area contributed by atoms with Crippen LogP contribution in [-0.2, 0) is 30.3 Å². The second-order valence-electron chi connectivity index (χ2n) is 11.7. The fourth-order valence-corrected chi connectivity index (χ4v) is 4.07. The predicted molar refractivity (Wildman–Crippen MR) is 158 cm³/mol. The van der Waals surface area contributed by atoms with Crippen molar-refractivity contribution >= 4 is 23.9 Å². The molecule has 2 aromatic carbocycles. The largest absolute Gasteiger partial charge is 0.458 e. The first kappa shape index (κ1) is 33.8. The van der Waals surface area contributed by atoms with Crippen LogP contribution in [0.2, 0.25) is 0 Å². The van der Waals surface area contributed by atoms with Crippen molar-refractivity contribution in [3.05, 3.63) is 71.3 Å². The zero-order valence-corrected chi connectivity index (χ0v) is 25.3. The van der Waals surface area contributed by atoms with E-state index >= 15 is 0 Å². The molecule has 42 heavy (non-hydrogen) atoms. The van der Waals surface area contributed by atoms with Crippen LogP contribution in [0, 0.1) is 12.3 Å². The molecule has 0 heterocycles. The van der Waals surface area contributed by atoms with Gasteiger partial charge in [-0.05, 0) is 58.7 Å². The summed E-state index contributed by atoms with van der Waals surface area (Å²) in [6.45, 7) is 9.36. The van der Waals surface area contributed by atoms with E-state index in [1.165, 1.54) is 7.05 Å². The average Bonchev–Trinajstić information content (AvgIpc) is 2.90. The molecule has 10 nitrogen and oxygen atoms in total. The zero-order chi connectivity index (χ0) is 31.7. The Kier molecular flexibility index (Phi) is 11.7. The normalized spacial score (nSPS) is 13.5. The summed E-state index contributed by atoms with van der Waals surface area (Å²) in [5, 5.41) is 15.1. The molecule has 0 aromatic heterocycles. The Balaban J connectivity index is 2.48. The number of aliphatic hydroxyl groups is 1. The highest BCUT2D eigenvalue weighted by atomic mass is 16.6. The SMILES string of the molecule is C#Cc1ccccc1C(C(=O)NC(Cc1ccccc1)C(=O)OC(C)(C)C)N(C)C(=O)C(CO)NC(=O)OC(C)(C)C. The molecule has 0 saturated heterocycles. The molecule has 0 fully saturated rings. The lowest BCUT2D eigenvalue weighted by Crippen LogP contribution is -2.55. The van der Waals surface area contributed by atoms with Crippen LogP contribution in [0.25, 0.3) is 0 Å².